The van der Waals surface area contributed by atoms with Gasteiger partial charge < -0.3 is 5.11 Å². The third kappa shape index (κ3) is 2.35. The Kier molecular flexibility index (Phi) is 3.02. The molecule has 1 saturated heterocycles. The molecule has 2 heterocycles. The first-order chi connectivity index (χ1) is 7.19. The smallest absolute Gasteiger partial charge is 0.309 e. The summed E-state index contributed by atoms with van der Waals surface area (Å²) in [6.45, 7) is 4.20. The van der Waals surface area contributed by atoms with Crippen molar-refractivity contribution in [2.24, 2.45) is 5.92 Å². The largest absolute Gasteiger partial charge is 0.481 e. The van der Waals surface area contributed by atoms with Crippen molar-refractivity contribution in [1.82, 2.24) is 9.88 Å². The highest BCUT2D eigenvalue weighted by Gasteiger charge is 2.32. The highest BCUT2D eigenvalue weighted by Crippen LogP contribution is 2.19. The van der Waals surface area contributed by atoms with Gasteiger partial charge in [0.05, 0.1) is 16.6 Å². The molecule has 0 amide bonds. The van der Waals surface area contributed by atoms with E-state index in [9.17, 15) is 4.79 Å². The molecule has 82 valence electrons. The lowest BCUT2D eigenvalue weighted by Crippen LogP contribution is -2.49. The van der Waals surface area contributed by atoms with E-state index in [2.05, 4.69) is 22.2 Å². The van der Waals surface area contributed by atoms with E-state index >= 15 is 0 Å². The zero-order valence-corrected chi connectivity index (χ0v) is 9.46. The average Bonchev–Trinajstić information content (AvgIpc) is 2.57. The van der Waals surface area contributed by atoms with Crippen molar-refractivity contribution >= 4 is 17.3 Å². The maximum absolute atomic E-state index is 10.6. The summed E-state index contributed by atoms with van der Waals surface area (Å²) in [5.74, 6) is -0.854. The summed E-state index contributed by atoms with van der Waals surface area (Å²) in [6, 6.07) is 0. The van der Waals surface area contributed by atoms with Crippen LogP contribution in [0.25, 0.3) is 0 Å². The van der Waals surface area contributed by atoms with Gasteiger partial charge in [-0.25, -0.2) is 4.98 Å². The summed E-state index contributed by atoms with van der Waals surface area (Å²) in [4.78, 5) is 17.2. The van der Waals surface area contributed by atoms with Crippen LogP contribution in [0.5, 0.6) is 0 Å². The minimum Gasteiger partial charge on any atom is -0.481 e. The van der Waals surface area contributed by atoms with E-state index in [4.69, 9.17) is 5.11 Å². The summed E-state index contributed by atoms with van der Waals surface area (Å²) < 4.78 is 0. The van der Waals surface area contributed by atoms with E-state index in [-0.39, 0.29) is 5.92 Å². The fourth-order valence-corrected chi connectivity index (χ4v) is 2.40. The third-order valence-electron chi connectivity index (χ3n) is 2.59. The molecule has 0 saturated carbocycles. The predicted octanol–water partition coefficient (Wildman–Crippen LogP) is 1.22. The number of aliphatic carboxylic acids is 1. The van der Waals surface area contributed by atoms with E-state index in [1.807, 2.05) is 0 Å². The zero-order valence-electron chi connectivity index (χ0n) is 8.64. The summed E-state index contributed by atoms with van der Waals surface area (Å²) in [5, 5.41) is 11.9. The maximum atomic E-state index is 10.6. The van der Waals surface area contributed by atoms with Crippen molar-refractivity contribution in [1.29, 1.82) is 0 Å². The van der Waals surface area contributed by atoms with Crippen LogP contribution in [-0.4, -0.2) is 34.0 Å². The molecule has 4 nitrogen and oxygen atoms in total. The van der Waals surface area contributed by atoms with Crippen LogP contribution in [0.15, 0.2) is 5.38 Å². The van der Waals surface area contributed by atoms with Crippen molar-refractivity contribution in [2.45, 2.75) is 19.9 Å². The van der Waals surface area contributed by atoms with Crippen LogP contribution in [0.4, 0.5) is 0 Å². The van der Waals surface area contributed by atoms with Gasteiger partial charge in [-0.15, -0.1) is 11.3 Å². The summed E-state index contributed by atoms with van der Waals surface area (Å²) in [7, 11) is 0. The normalized spacial score (nSPS) is 17.7. The van der Waals surface area contributed by atoms with Crippen LogP contribution in [0, 0.1) is 5.92 Å². The highest BCUT2D eigenvalue weighted by molar-refractivity contribution is 7.09. The Labute approximate surface area is 92.6 Å². The number of carboxylic acids is 1. The number of hydrogen-bond acceptors (Lipinski definition) is 4. The number of aryl methyl sites for hydroxylation is 1. The van der Waals surface area contributed by atoms with Gasteiger partial charge in [-0.1, -0.05) is 6.92 Å². The van der Waals surface area contributed by atoms with Gasteiger partial charge in [-0.2, -0.15) is 0 Å². The predicted molar refractivity (Wildman–Crippen MR) is 57.9 cm³/mol. The molecule has 15 heavy (non-hydrogen) atoms. The van der Waals surface area contributed by atoms with Gasteiger partial charge in [0.2, 0.25) is 0 Å². The first kappa shape index (κ1) is 10.6. The average molecular weight is 226 g/mol. The summed E-state index contributed by atoms with van der Waals surface area (Å²) in [6.07, 6.45) is 0.975. The second-order valence-electron chi connectivity index (χ2n) is 3.82. The lowest BCUT2D eigenvalue weighted by Gasteiger charge is -2.35. The topological polar surface area (TPSA) is 53.4 Å². The van der Waals surface area contributed by atoms with E-state index in [0.29, 0.717) is 13.1 Å². The zero-order chi connectivity index (χ0) is 10.8. The SMILES string of the molecule is CCc1nc(CN2CC(C(=O)O)C2)cs1. The molecule has 1 aliphatic rings. The lowest BCUT2D eigenvalue weighted by atomic mass is 10.0. The first-order valence-electron chi connectivity index (χ1n) is 5.07. The molecule has 1 aromatic rings. The lowest BCUT2D eigenvalue weighted by molar-refractivity contribution is -0.147. The van der Waals surface area contributed by atoms with Crippen molar-refractivity contribution in [3.63, 3.8) is 0 Å². The second-order valence-corrected chi connectivity index (χ2v) is 4.76. The Hall–Kier alpha value is -0.940. The summed E-state index contributed by atoms with van der Waals surface area (Å²) in [5.41, 5.74) is 1.07. The molecule has 2 rings (SSSR count). The maximum Gasteiger partial charge on any atom is 0.309 e. The molecule has 5 heteroatoms. The number of hydrogen-bond donors (Lipinski definition) is 1. The number of likely N-dealkylation sites (tertiary alicyclic amines) is 1. The molecule has 1 aromatic heterocycles. The van der Waals surface area contributed by atoms with Crippen LogP contribution in [0.1, 0.15) is 17.6 Å². The molecule has 0 aliphatic carbocycles. The molecule has 0 bridgehead atoms. The van der Waals surface area contributed by atoms with Crippen LogP contribution >= 0.6 is 11.3 Å². The van der Waals surface area contributed by atoms with Gasteiger partial charge in [0, 0.05) is 25.0 Å². The number of nitrogens with zero attached hydrogens (tertiary/aromatic N) is 2. The van der Waals surface area contributed by atoms with Crippen molar-refractivity contribution in [3.05, 3.63) is 16.1 Å². The number of carbonyl (C=O) groups is 1. The van der Waals surface area contributed by atoms with Crippen molar-refractivity contribution in [3.8, 4) is 0 Å². The molecule has 0 unspecified atom stereocenters. The first-order valence-corrected chi connectivity index (χ1v) is 5.95. The second kappa shape index (κ2) is 4.28. The van der Waals surface area contributed by atoms with E-state index < -0.39 is 5.97 Å². The van der Waals surface area contributed by atoms with Crippen molar-refractivity contribution < 1.29 is 9.90 Å². The third-order valence-corrected chi connectivity index (χ3v) is 3.64. The number of thiazole rings is 1. The molecule has 0 spiro atoms. The fraction of sp³-hybridized carbons (Fsp3) is 0.600. The van der Waals surface area contributed by atoms with Crippen LogP contribution in [0.2, 0.25) is 0 Å². The quantitative estimate of drug-likeness (QED) is 0.838. The molecule has 0 atom stereocenters. The molecule has 0 aromatic carbocycles. The Bertz CT molecular complexity index is 358. The Morgan fingerprint density at radius 1 is 1.73 bits per heavy atom. The van der Waals surface area contributed by atoms with Gasteiger partial charge in [0.15, 0.2) is 0 Å². The minimum absolute atomic E-state index is 0.172. The van der Waals surface area contributed by atoms with Gasteiger partial charge in [-0.05, 0) is 6.42 Å². The molecule has 0 radical (unpaired) electrons. The molecule has 1 fully saturated rings. The standard InChI is InChI=1S/C10H14N2O2S/c1-2-9-11-8(6-15-9)5-12-3-7(4-12)10(13)14/h6-7H,2-5H2,1H3,(H,13,14). The Balaban J connectivity index is 1.82. The van der Waals surface area contributed by atoms with E-state index in [0.717, 1.165) is 23.7 Å². The number of rotatable bonds is 4. The van der Waals surface area contributed by atoms with Crippen molar-refractivity contribution in [2.75, 3.05) is 13.1 Å². The van der Waals surface area contributed by atoms with Crippen LogP contribution < -0.4 is 0 Å². The Morgan fingerprint density at radius 3 is 3.00 bits per heavy atom. The van der Waals surface area contributed by atoms with E-state index in [1.54, 1.807) is 11.3 Å². The Morgan fingerprint density at radius 2 is 2.47 bits per heavy atom. The van der Waals surface area contributed by atoms with E-state index in [1.165, 1.54) is 0 Å². The van der Waals surface area contributed by atoms with Gasteiger partial charge in [0.1, 0.15) is 0 Å². The monoisotopic (exact) mass is 226 g/mol. The highest BCUT2D eigenvalue weighted by atomic mass is 32.1. The molecule has 1 aliphatic heterocycles. The number of aromatic nitrogens is 1. The van der Waals surface area contributed by atoms with Gasteiger partial charge in [-0.3, -0.25) is 9.69 Å². The van der Waals surface area contributed by atoms with Gasteiger partial charge in [0.25, 0.3) is 0 Å². The van der Waals surface area contributed by atoms with Crippen LogP contribution in [0.3, 0.4) is 0 Å². The summed E-state index contributed by atoms with van der Waals surface area (Å²) >= 11 is 1.68. The van der Waals surface area contributed by atoms with Crippen LogP contribution in [-0.2, 0) is 17.8 Å². The van der Waals surface area contributed by atoms with Gasteiger partial charge >= 0.3 is 5.97 Å². The molecular weight excluding hydrogens is 212 g/mol. The molecule has 1 N–H and O–H groups in total. The minimum atomic E-state index is -0.682. The number of carboxylic acid groups (broad SMARTS) is 1. The molecular formula is C10H14N2O2S. The fourth-order valence-electron chi connectivity index (χ4n) is 1.67.